The molecule has 3 heterocycles. The Kier molecular flexibility index (Phi) is 3.78. The van der Waals surface area contributed by atoms with E-state index in [1.54, 1.807) is 12.4 Å². The molecule has 7 heteroatoms. The first-order valence-electron chi connectivity index (χ1n) is 8.09. The fourth-order valence-corrected chi connectivity index (χ4v) is 2.80. The average Bonchev–Trinajstić information content (AvgIpc) is 3.32. The number of rotatable bonds is 4. The summed E-state index contributed by atoms with van der Waals surface area (Å²) in [6, 6.07) is 0. The van der Waals surface area contributed by atoms with Crippen LogP contribution in [-0.4, -0.2) is 33.9 Å². The van der Waals surface area contributed by atoms with E-state index < -0.39 is 0 Å². The molecule has 1 aliphatic carbocycles. The lowest BCUT2D eigenvalue weighted by Crippen LogP contribution is -2.26. The summed E-state index contributed by atoms with van der Waals surface area (Å²) in [7, 11) is 0. The minimum atomic E-state index is -0.319. The third kappa shape index (κ3) is 3.24. The highest BCUT2D eigenvalue weighted by Crippen LogP contribution is 2.37. The van der Waals surface area contributed by atoms with Crippen LogP contribution < -0.4 is 10.6 Å². The number of hydrogen-bond donors (Lipinski definition) is 2. The van der Waals surface area contributed by atoms with Crippen LogP contribution in [0.3, 0.4) is 0 Å². The summed E-state index contributed by atoms with van der Waals surface area (Å²) in [6.45, 7) is 1.92. The van der Waals surface area contributed by atoms with Crippen molar-refractivity contribution >= 4 is 11.6 Å². The van der Waals surface area contributed by atoms with Gasteiger partial charge in [-0.3, -0.25) is 4.79 Å². The molecule has 7 nitrogen and oxygen atoms in total. The zero-order valence-corrected chi connectivity index (χ0v) is 12.8. The van der Waals surface area contributed by atoms with E-state index in [4.69, 9.17) is 4.42 Å². The first-order chi connectivity index (χ1) is 11.3. The van der Waals surface area contributed by atoms with Crippen molar-refractivity contribution in [2.75, 3.05) is 18.4 Å². The Morgan fingerprint density at radius 1 is 1.04 bits per heavy atom. The van der Waals surface area contributed by atoms with Crippen LogP contribution in [-0.2, 0) is 0 Å². The Labute approximate surface area is 133 Å². The minimum Gasteiger partial charge on any atom is -0.435 e. The standard InChI is InChI=1S/C16H19N5O2/c22-15(21-12-7-18-14(19-8-12)10-1-2-10)13-9-20-16(23-13)11-3-5-17-6-4-11/h7-11,17H,1-6H2,(H,21,22). The Hall–Kier alpha value is -2.28. The van der Waals surface area contributed by atoms with E-state index in [1.807, 2.05) is 0 Å². The Morgan fingerprint density at radius 3 is 2.48 bits per heavy atom. The fraction of sp³-hybridized carbons (Fsp3) is 0.500. The molecule has 2 aromatic rings. The molecule has 120 valence electrons. The number of piperidine rings is 1. The van der Waals surface area contributed by atoms with Crippen molar-refractivity contribution in [3.8, 4) is 0 Å². The summed E-state index contributed by atoms with van der Waals surface area (Å²) in [5.41, 5.74) is 0.569. The van der Waals surface area contributed by atoms with Gasteiger partial charge >= 0.3 is 0 Å². The number of carbonyl (C=O) groups excluding carboxylic acids is 1. The molecule has 0 atom stereocenters. The van der Waals surface area contributed by atoms with E-state index in [1.165, 1.54) is 6.20 Å². The zero-order chi connectivity index (χ0) is 15.6. The smallest absolute Gasteiger partial charge is 0.293 e. The molecule has 2 aliphatic rings. The predicted molar refractivity (Wildman–Crippen MR) is 83.3 cm³/mol. The lowest BCUT2D eigenvalue weighted by molar-refractivity contribution is 0.0993. The summed E-state index contributed by atoms with van der Waals surface area (Å²) in [4.78, 5) is 25.1. The van der Waals surface area contributed by atoms with Gasteiger partial charge in [-0.25, -0.2) is 15.0 Å². The molecule has 0 aromatic carbocycles. The molecule has 0 unspecified atom stereocenters. The van der Waals surface area contributed by atoms with E-state index >= 15 is 0 Å². The van der Waals surface area contributed by atoms with Crippen LogP contribution >= 0.6 is 0 Å². The lowest BCUT2D eigenvalue weighted by Gasteiger charge is -2.19. The van der Waals surface area contributed by atoms with Gasteiger partial charge in [0.2, 0.25) is 5.76 Å². The number of amides is 1. The highest BCUT2D eigenvalue weighted by molar-refractivity contribution is 6.01. The summed E-state index contributed by atoms with van der Waals surface area (Å²) in [6.07, 6.45) is 9.06. The Morgan fingerprint density at radius 2 is 1.78 bits per heavy atom. The summed E-state index contributed by atoms with van der Waals surface area (Å²) in [5.74, 6) is 2.21. The van der Waals surface area contributed by atoms with Crippen LogP contribution in [0.15, 0.2) is 23.0 Å². The van der Waals surface area contributed by atoms with E-state index in [0.717, 1.165) is 44.6 Å². The lowest BCUT2D eigenvalue weighted by atomic mass is 9.98. The molecule has 4 rings (SSSR count). The summed E-state index contributed by atoms with van der Waals surface area (Å²) >= 11 is 0. The highest BCUT2D eigenvalue weighted by Gasteiger charge is 2.26. The SMILES string of the molecule is O=C(Nc1cnc(C2CC2)nc1)c1cnc(C2CCNCC2)o1. The molecule has 2 N–H and O–H groups in total. The first-order valence-corrected chi connectivity index (χ1v) is 8.09. The van der Waals surface area contributed by atoms with Crippen molar-refractivity contribution in [2.45, 2.75) is 37.5 Å². The quantitative estimate of drug-likeness (QED) is 0.897. The number of carbonyl (C=O) groups is 1. The van der Waals surface area contributed by atoms with Gasteiger partial charge in [-0.2, -0.15) is 0 Å². The second-order valence-electron chi connectivity index (χ2n) is 6.15. The van der Waals surface area contributed by atoms with Gasteiger partial charge in [0.1, 0.15) is 5.82 Å². The number of nitrogens with zero attached hydrogens (tertiary/aromatic N) is 3. The molecular formula is C16H19N5O2. The average molecular weight is 313 g/mol. The van der Waals surface area contributed by atoms with Crippen LogP contribution in [0.25, 0.3) is 0 Å². The first kappa shape index (κ1) is 14.3. The van der Waals surface area contributed by atoms with Crippen molar-refractivity contribution in [1.82, 2.24) is 20.3 Å². The van der Waals surface area contributed by atoms with Gasteiger partial charge in [-0.05, 0) is 38.8 Å². The number of oxazole rings is 1. The van der Waals surface area contributed by atoms with E-state index in [2.05, 4.69) is 25.6 Å². The van der Waals surface area contributed by atoms with Crippen LogP contribution in [0.5, 0.6) is 0 Å². The number of aromatic nitrogens is 3. The van der Waals surface area contributed by atoms with Gasteiger partial charge < -0.3 is 15.1 Å². The number of anilines is 1. The molecule has 23 heavy (non-hydrogen) atoms. The molecule has 1 saturated carbocycles. The Balaban J connectivity index is 1.41. The molecule has 1 aliphatic heterocycles. The van der Waals surface area contributed by atoms with Gasteiger partial charge in [-0.1, -0.05) is 0 Å². The third-order valence-corrected chi connectivity index (χ3v) is 4.31. The summed E-state index contributed by atoms with van der Waals surface area (Å²) < 4.78 is 5.64. The van der Waals surface area contributed by atoms with Crippen LogP contribution in [0.2, 0.25) is 0 Å². The zero-order valence-electron chi connectivity index (χ0n) is 12.8. The van der Waals surface area contributed by atoms with Crippen molar-refractivity contribution in [3.05, 3.63) is 36.1 Å². The van der Waals surface area contributed by atoms with E-state index in [0.29, 0.717) is 23.4 Å². The van der Waals surface area contributed by atoms with Crippen LogP contribution in [0.4, 0.5) is 5.69 Å². The van der Waals surface area contributed by atoms with Crippen molar-refractivity contribution < 1.29 is 9.21 Å². The second kappa shape index (κ2) is 6.08. The monoisotopic (exact) mass is 313 g/mol. The maximum absolute atomic E-state index is 12.2. The second-order valence-corrected chi connectivity index (χ2v) is 6.15. The van der Waals surface area contributed by atoms with Gasteiger partial charge in [0, 0.05) is 11.8 Å². The highest BCUT2D eigenvalue weighted by atomic mass is 16.4. The molecule has 0 radical (unpaired) electrons. The topological polar surface area (TPSA) is 92.9 Å². The fourth-order valence-electron chi connectivity index (χ4n) is 2.80. The van der Waals surface area contributed by atoms with Crippen LogP contribution in [0, 0.1) is 0 Å². The molecule has 1 saturated heterocycles. The maximum atomic E-state index is 12.2. The largest absolute Gasteiger partial charge is 0.435 e. The minimum absolute atomic E-state index is 0.227. The molecule has 0 bridgehead atoms. The Bertz CT molecular complexity index is 687. The summed E-state index contributed by atoms with van der Waals surface area (Å²) in [5, 5.41) is 6.05. The van der Waals surface area contributed by atoms with Gasteiger partial charge in [0.05, 0.1) is 24.3 Å². The third-order valence-electron chi connectivity index (χ3n) is 4.31. The maximum Gasteiger partial charge on any atom is 0.293 e. The predicted octanol–water partition coefficient (Wildman–Crippen LogP) is 2.06. The molecule has 2 aromatic heterocycles. The normalized spacial score (nSPS) is 18.8. The number of nitrogens with one attached hydrogen (secondary N) is 2. The molecule has 1 amide bonds. The van der Waals surface area contributed by atoms with Gasteiger partial charge in [0.25, 0.3) is 5.91 Å². The molecular weight excluding hydrogens is 294 g/mol. The van der Waals surface area contributed by atoms with E-state index in [9.17, 15) is 4.79 Å². The van der Waals surface area contributed by atoms with Crippen molar-refractivity contribution in [2.24, 2.45) is 0 Å². The van der Waals surface area contributed by atoms with Gasteiger partial charge in [-0.15, -0.1) is 0 Å². The number of hydrogen-bond acceptors (Lipinski definition) is 6. The molecule has 0 spiro atoms. The van der Waals surface area contributed by atoms with Crippen LogP contribution in [0.1, 0.15) is 59.8 Å². The van der Waals surface area contributed by atoms with E-state index in [-0.39, 0.29) is 11.7 Å². The van der Waals surface area contributed by atoms with Crippen molar-refractivity contribution in [3.63, 3.8) is 0 Å². The molecule has 2 fully saturated rings. The van der Waals surface area contributed by atoms with Gasteiger partial charge in [0.15, 0.2) is 5.89 Å². The van der Waals surface area contributed by atoms with Crippen molar-refractivity contribution in [1.29, 1.82) is 0 Å².